The van der Waals surface area contributed by atoms with Gasteiger partial charge in [-0.25, -0.2) is 5.43 Å². The van der Waals surface area contributed by atoms with E-state index in [1.165, 1.54) is 6.21 Å². The van der Waals surface area contributed by atoms with Gasteiger partial charge in [-0.3, -0.25) is 4.79 Å². The van der Waals surface area contributed by atoms with Gasteiger partial charge in [-0.2, -0.15) is 5.10 Å². The van der Waals surface area contributed by atoms with Crippen molar-refractivity contribution in [2.75, 3.05) is 0 Å². The SMILES string of the molecule is O=C(N/N=C\c1ccccc1Cl)C(Oc1ccccc1)Oc1ccccc1. The predicted octanol–water partition coefficient (Wildman–Crippen LogP) is 4.27. The highest BCUT2D eigenvalue weighted by molar-refractivity contribution is 6.33. The molecule has 0 aliphatic carbocycles. The number of hydrogen-bond acceptors (Lipinski definition) is 4. The van der Waals surface area contributed by atoms with Gasteiger partial charge in [-0.1, -0.05) is 66.2 Å². The van der Waals surface area contributed by atoms with Gasteiger partial charge in [0.05, 0.1) is 6.21 Å². The van der Waals surface area contributed by atoms with Crippen LogP contribution in [-0.2, 0) is 4.79 Å². The minimum absolute atomic E-state index is 0.503. The van der Waals surface area contributed by atoms with E-state index in [0.29, 0.717) is 22.1 Å². The molecule has 3 aromatic carbocycles. The molecule has 0 saturated heterocycles. The minimum Gasteiger partial charge on any atom is -0.446 e. The lowest BCUT2D eigenvalue weighted by molar-refractivity contribution is -0.140. The summed E-state index contributed by atoms with van der Waals surface area (Å²) < 4.78 is 11.3. The molecule has 0 aromatic heterocycles. The predicted molar refractivity (Wildman–Crippen MR) is 105 cm³/mol. The summed E-state index contributed by atoms with van der Waals surface area (Å²) in [5.41, 5.74) is 3.11. The van der Waals surface area contributed by atoms with E-state index in [0.717, 1.165) is 0 Å². The van der Waals surface area contributed by atoms with E-state index < -0.39 is 12.2 Å². The van der Waals surface area contributed by atoms with Crippen molar-refractivity contribution in [3.63, 3.8) is 0 Å². The van der Waals surface area contributed by atoms with Gasteiger partial charge >= 0.3 is 12.2 Å². The molecular formula is C21H17ClN2O3. The van der Waals surface area contributed by atoms with Crippen LogP contribution in [0, 0.1) is 0 Å². The number of benzene rings is 3. The molecule has 0 atom stereocenters. The van der Waals surface area contributed by atoms with Crippen molar-refractivity contribution in [1.82, 2.24) is 5.43 Å². The van der Waals surface area contributed by atoms with Crippen LogP contribution in [0.15, 0.2) is 90.0 Å². The second-order valence-electron chi connectivity index (χ2n) is 5.45. The van der Waals surface area contributed by atoms with Crippen LogP contribution in [0.4, 0.5) is 0 Å². The first-order chi connectivity index (χ1) is 13.2. The van der Waals surface area contributed by atoms with E-state index >= 15 is 0 Å². The Hall–Kier alpha value is -3.31. The summed E-state index contributed by atoms with van der Waals surface area (Å²) >= 11 is 6.06. The van der Waals surface area contributed by atoms with Crippen LogP contribution < -0.4 is 14.9 Å². The number of nitrogens with one attached hydrogen (secondary N) is 1. The van der Waals surface area contributed by atoms with Crippen LogP contribution >= 0.6 is 11.6 Å². The molecule has 0 unspecified atom stereocenters. The van der Waals surface area contributed by atoms with E-state index in [2.05, 4.69) is 10.5 Å². The van der Waals surface area contributed by atoms with Gasteiger partial charge in [0.1, 0.15) is 11.5 Å². The molecule has 1 N–H and O–H groups in total. The van der Waals surface area contributed by atoms with Crippen molar-refractivity contribution in [3.8, 4) is 11.5 Å². The summed E-state index contributed by atoms with van der Waals surface area (Å²) in [4.78, 5) is 12.5. The van der Waals surface area contributed by atoms with E-state index in [1.54, 1.807) is 36.4 Å². The summed E-state index contributed by atoms with van der Waals surface area (Å²) in [5.74, 6) is 0.457. The Bertz CT molecular complexity index is 860. The lowest BCUT2D eigenvalue weighted by Gasteiger charge is -2.18. The number of amides is 1. The van der Waals surface area contributed by atoms with E-state index in [1.807, 2.05) is 48.5 Å². The Morgan fingerprint density at radius 3 is 1.93 bits per heavy atom. The zero-order valence-corrected chi connectivity index (χ0v) is 15.0. The van der Waals surface area contributed by atoms with Gasteiger partial charge < -0.3 is 9.47 Å². The average Bonchev–Trinajstić information content (AvgIpc) is 2.70. The number of hydrazone groups is 1. The lowest BCUT2D eigenvalue weighted by atomic mass is 10.2. The molecular weight excluding hydrogens is 364 g/mol. The molecule has 0 saturated carbocycles. The van der Waals surface area contributed by atoms with E-state index in [-0.39, 0.29) is 0 Å². The summed E-state index contributed by atoms with van der Waals surface area (Å²) in [6.07, 6.45) is 0.251. The van der Waals surface area contributed by atoms with Crippen molar-refractivity contribution in [3.05, 3.63) is 95.5 Å². The second-order valence-corrected chi connectivity index (χ2v) is 5.86. The van der Waals surface area contributed by atoms with Crippen molar-refractivity contribution in [1.29, 1.82) is 0 Å². The normalized spacial score (nSPS) is 10.7. The topological polar surface area (TPSA) is 59.9 Å². The van der Waals surface area contributed by atoms with Gasteiger partial charge in [0.2, 0.25) is 0 Å². The molecule has 0 aliphatic heterocycles. The summed E-state index contributed by atoms with van der Waals surface area (Å²) in [6.45, 7) is 0. The Morgan fingerprint density at radius 1 is 0.852 bits per heavy atom. The van der Waals surface area contributed by atoms with Crippen LogP contribution in [0.25, 0.3) is 0 Å². The highest BCUT2D eigenvalue weighted by atomic mass is 35.5. The highest BCUT2D eigenvalue weighted by Crippen LogP contribution is 2.16. The third-order valence-corrected chi connectivity index (χ3v) is 3.81. The summed E-state index contributed by atoms with van der Waals surface area (Å²) in [5, 5.41) is 4.47. The Balaban J connectivity index is 1.70. The summed E-state index contributed by atoms with van der Waals surface area (Å²) in [7, 11) is 0. The fourth-order valence-electron chi connectivity index (χ4n) is 2.17. The molecule has 0 aliphatic rings. The number of halogens is 1. The van der Waals surface area contributed by atoms with Crippen LogP contribution in [0.3, 0.4) is 0 Å². The fourth-order valence-corrected chi connectivity index (χ4v) is 2.36. The Kier molecular flexibility index (Phi) is 6.44. The maximum Gasteiger partial charge on any atom is 0.323 e. The average molecular weight is 381 g/mol. The molecule has 6 heteroatoms. The van der Waals surface area contributed by atoms with E-state index in [4.69, 9.17) is 21.1 Å². The second kappa shape index (κ2) is 9.40. The molecule has 27 heavy (non-hydrogen) atoms. The number of hydrogen-bond donors (Lipinski definition) is 1. The van der Waals surface area contributed by atoms with Crippen molar-refractivity contribution in [2.24, 2.45) is 5.10 Å². The molecule has 1 amide bonds. The van der Waals surface area contributed by atoms with Crippen molar-refractivity contribution in [2.45, 2.75) is 6.29 Å². The first-order valence-corrected chi connectivity index (χ1v) is 8.61. The quantitative estimate of drug-likeness (QED) is 0.378. The minimum atomic E-state index is -1.21. The zero-order valence-electron chi connectivity index (χ0n) is 14.3. The first kappa shape index (κ1) is 18.5. The monoisotopic (exact) mass is 380 g/mol. The standard InChI is InChI=1S/C21H17ClN2O3/c22-19-14-8-7-9-16(19)15-23-24-20(25)21(26-17-10-3-1-4-11-17)27-18-12-5-2-6-13-18/h1-15,21H,(H,24,25)/b23-15-. The number of carbonyl (C=O) groups excluding carboxylic acids is 1. The number of carbonyl (C=O) groups is 1. The fraction of sp³-hybridized carbons (Fsp3) is 0.0476. The highest BCUT2D eigenvalue weighted by Gasteiger charge is 2.22. The maximum atomic E-state index is 12.5. The molecule has 5 nitrogen and oxygen atoms in total. The van der Waals surface area contributed by atoms with Gasteiger partial charge in [0, 0.05) is 10.6 Å². The number of ether oxygens (including phenoxy) is 2. The van der Waals surface area contributed by atoms with E-state index in [9.17, 15) is 4.79 Å². The Labute approximate surface area is 162 Å². The van der Waals surface area contributed by atoms with Gasteiger partial charge in [0.25, 0.3) is 0 Å². The lowest BCUT2D eigenvalue weighted by Crippen LogP contribution is -2.40. The molecule has 3 rings (SSSR count). The number of nitrogens with zero attached hydrogens (tertiary/aromatic N) is 1. The molecule has 3 aromatic rings. The number of rotatable bonds is 7. The maximum absolute atomic E-state index is 12.5. The van der Waals surface area contributed by atoms with Crippen LogP contribution in [0.5, 0.6) is 11.5 Å². The van der Waals surface area contributed by atoms with Crippen LogP contribution in [0.1, 0.15) is 5.56 Å². The molecule has 0 bridgehead atoms. The van der Waals surface area contributed by atoms with Gasteiger partial charge in [0.15, 0.2) is 0 Å². The Morgan fingerprint density at radius 2 is 1.37 bits per heavy atom. The first-order valence-electron chi connectivity index (χ1n) is 8.23. The molecule has 0 heterocycles. The molecule has 0 fully saturated rings. The smallest absolute Gasteiger partial charge is 0.323 e. The van der Waals surface area contributed by atoms with Gasteiger partial charge in [-0.05, 0) is 30.3 Å². The summed E-state index contributed by atoms with van der Waals surface area (Å²) in [6, 6.07) is 25.1. The zero-order chi connectivity index (χ0) is 18.9. The molecule has 0 radical (unpaired) electrons. The largest absolute Gasteiger partial charge is 0.446 e. The van der Waals surface area contributed by atoms with Crippen molar-refractivity contribution >= 4 is 23.7 Å². The third kappa shape index (κ3) is 5.59. The molecule has 136 valence electrons. The van der Waals surface area contributed by atoms with Crippen LogP contribution in [0.2, 0.25) is 5.02 Å². The molecule has 0 spiro atoms. The number of para-hydroxylation sites is 2. The van der Waals surface area contributed by atoms with Gasteiger partial charge in [-0.15, -0.1) is 0 Å². The van der Waals surface area contributed by atoms with Crippen LogP contribution in [-0.4, -0.2) is 18.4 Å². The van der Waals surface area contributed by atoms with Crippen molar-refractivity contribution < 1.29 is 14.3 Å². The third-order valence-electron chi connectivity index (χ3n) is 3.47.